The molecule has 1 N–H and O–H groups in total. The van der Waals surface area contributed by atoms with Crippen LogP contribution in [0.25, 0.3) is 11.3 Å². The number of carbonyl (C=O) groups excluding carboxylic acids is 1. The smallest absolute Gasteiger partial charge is 0.255 e. The van der Waals surface area contributed by atoms with Crippen LogP contribution in [0.2, 0.25) is 0 Å². The summed E-state index contributed by atoms with van der Waals surface area (Å²) in [7, 11) is 0. The summed E-state index contributed by atoms with van der Waals surface area (Å²) in [5.41, 5.74) is 4.37. The summed E-state index contributed by atoms with van der Waals surface area (Å²) in [6, 6.07) is 15.3. The van der Waals surface area contributed by atoms with Crippen LogP contribution >= 0.6 is 11.3 Å². The summed E-state index contributed by atoms with van der Waals surface area (Å²) in [5, 5.41) is 10.1. The summed E-state index contributed by atoms with van der Waals surface area (Å²) < 4.78 is 7.15. The molecule has 1 amide bonds. The van der Waals surface area contributed by atoms with Crippen molar-refractivity contribution in [3.63, 3.8) is 0 Å². The van der Waals surface area contributed by atoms with Crippen LogP contribution in [0.1, 0.15) is 15.9 Å². The van der Waals surface area contributed by atoms with Gasteiger partial charge in [-0.05, 0) is 29.8 Å². The third-order valence-electron chi connectivity index (χ3n) is 5.24. The highest BCUT2D eigenvalue weighted by atomic mass is 32.1. The number of thiazole rings is 1. The minimum atomic E-state index is -0.145. The first-order valence-corrected chi connectivity index (χ1v) is 11.2. The molecule has 1 aliphatic rings. The maximum atomic E-state index is 12.6. The Balaban J connectivity index is 1.21. The van der Waals surface area contributed by atoms with E-state index >= 15 is 0 Å². The first-order valence-electron chi connectivity index (χ1n) is 10.4. The molecule has 3 heterocycles. The number of hydrogen-bond donors (Lipinski definition) is 1. The van der Waals surface area contributed by atoms with Crippen LogP contribution in [0.15, 0.2) is 66.6 Å². The second-order valence-electron chi connectivity index (χ2n) is 7.44. The molecule has 5 rings (SSSR count). The molecule has 0 bridgehead atoms. The lowest BCUT2D eigenvalue weighted by atomic mass is 10.1. The van der Waals surface area contributed by atoms with Crippen molar-refractivity contribution in [3.05, 3.63) is 77.7 Å². The van der Waals surface area contributed by atoms with Gasteiger partial charge in [0, 0.05) is 35.3 Å². The summed E-state index contributed by atoms with van der Waals surface area (Å²) in [6.07, 6.45) is 3.17. The number of aromatic nitrogens is 4. The van der Waals surface area contributed by atoms with Crippen molar-refractivity contribution in [2.45, 2.75) is 6.54 Å². The van der Waals surface area contributed by atoms with Gasteiger partial charge in [0.05, 0.1) is 25.5 Å². The van der Waals surface area contributed by atoms with Crippen LogP contribution in [0.4, 0.5) is 10.8 Å². The van der Waals surface area contributed by atoms with E-state index < -0.39 is 0 Å². The van der Waals surface area contributed by atoms with Gasteiger partial charge in [0.2, 0.25) is 0 Å². The van der Waals surface area contributed by atoms with E-state index in [-0.39, 0.29) is 5.91 Å². The molecule has 2 aromatic heterocycles. The summed E-state index contributed by atoms with van der Waals surface area (Å²) >= 11 is 1.65. The van der Waals surface area contributed by atoms with Gasteiger partial charge < -0.3 is 15.0 Å². The van der Waals surface area contributed by atoms with Crippen molar-refractivity contribution in [2.24, 2.45) is 0 Å². The molecule has 2 aromatic carbocycles. The monoisotopic (exact) mass is 446 g/mol. The van der Waals surface area contributed by atoms with Crippen LogP contribution in [-0.2, 0) is 11.3 Å². The van der Waals surface area contributed by atoms with Gasteiger partial charge >= 0.3 is 0 Å². The van der Waals surface area contributed by atoms with Crippen LogP contribution in [0.5, 0.6) is 0 Å². The van der Waals surface area contributed by atoms with E-state index in [1.807, 2.05) is 48.5 Å². The topological polar surface area (TPSA) is 85.2 Å². The Morgan fingerprint density at radius 2 is 1.84 bits per heavy atom. The van der Waals surface area contributed by atoms with Crippen LogP contribution in [0.3, 0.4) is 0 Å². The van der Waals surface area contributed by atoms with E-state index in [1.54, 1.807) is 22.3 Å². The molecule has 0 aliphatic carbocycles. The maximum Gasteiger partial charge on any atom is 0.255 e. The molecule has 0 atom stereocenters. The molecule has 0 spiro atoms. The number of rotatable bonds is 6. The van der Waals surface area contributed by atoms with E-state index in [0.717, 1.165) is 53.9 Å². The molecule has 32 heavy (non-hydrogen) atoms. The fraction of sp³-hybridized carbons (Fsp3) is 0.217. The Morgan fingerprint density at radius 1 is 1.06 bits per heavy atom. The molecule has 162 valence electrons. The van der Waals surface area contributed by atoms with E-state index in [4.69, 9.17) is 9.72 Å². The average Bonchev–Trinajstić information content (AvgIpc) is 3.53. The lowest BCUT2D eigenvalue weighted by molar-refractivity contribution is 0.102. The van der Waals surface area contributed by atoms with Crippen molar-refractivity contribution < 1.29 is 9.53 Å². The third kappa shape index (κ3) is 4.68. The number of nitrogens with zero attached hydrogens (tertiary/aromatic N) is 5. The number of amides is 1. The highest BCUT2D eigenvalue weighted by Crippen LogP contribution is 2.28. The van der Waals surface area contributed by atoms with Gasteiger partial charge in [0.1, 0.15) is 12.7 Å². The Hall–Kier alpha value is -3.56. The fourth-order valence-corrected chi connectivity index (χ4v) is 4.38. The van der Waals surface area contributed by atoms with Crippen molar-refractivity contribution in [1.82, 2.24) is 19.7 Å². The maximum absolute atomic E-state index is 12.6. The third-order valence-corrected chi connectivity index (χ3v) is 6.14. The highest BCUT2D eigenvalue weighted by molar-refractivity contribution is 7.14. The highest BCUT2D eigenvalue weighted by Gasteiger charge is 2.15. The molecule has 0 saturated carbocycles. The molecule has 4 aromatic rings. The second-order valence-corrected chi connectivity index (χ2v) is 8.27. The van der Waals surface area contributed by atoms with Gasteiger partial charge in [0.15, 0.2) is 5.13 Å². The van der Waals surface area contributed by atoms with Crippen molar-refractivity contribution in [1.29, 1.82) is 0 Å². The van der Waals surface area contributed by atoms with Gasteiger partial charge in [0.25, 0.3) is 5.91 Å². The minimum absolute atomic E-state index is 0.145. The zero-order valence-electron chi connectivity index (χ0n) is 17.3. The normalized spacial score (nSPS) is 13.8. The van der Waals surface area contributed by atoms with E-state index in [2.05, 4.69) is 25.7 Å². The number of benzene rings is 2. The molecule has 8 nitrogen and oxygen atoms in total. The molecule has 9 heteroatoms. The average molecular weight is 447 g/mol. The van der Waals surface area contributed by atoms with Crippen molar-refractivity contribution in [3.8, 4) is 11.3 Å². The van der Waals surface area contributed by atoms with Gasteiger partial charge in [-0.25, -0.2) is 14.6 Å². The van der Waals surface area contributed by atoms with Crippen molar-refractivity contribution in [2.75, 3.05) is 36.5 Å². The van der Waals surface area contributed by atoms with Gasteiger partial charge in [-0.3, -0.25) is 4.79 Å². The number of morpholine rings is 1. The molecule has 1 aliphatic heterocycles. The number of carbonyl (C=O) groups is 1. The summed E-state index contributed by atoms with van der Waals surface area (Å²) in [6.45, 7) is 3.85. The zero-order chi connectivity index (χ0) is 21.8. The Bertz CT molecular complexity index is 1170. The molecule has 0 radical (unpaired) electrons. The number of hydrogen-bond acceptors (Lipinski definition) is 7. The Labute approximate surface area is 189 Å². The predicted octanol–water partition coefficient (Wildman–Crippen LogP) is 3.54. The standard InChI is InChI=1S/C23H22N6O2S/c30-22(19-3-1-17(2-4-19)13-29-16-24-15-25-29)26-20-7-5-18(6-8-20)21-14-32-23(27-21)28-9-11-31-12-10-28/h1-8,14-16H,9-13H2,(H,26,30). The summed E-state index contributed by atoms with van der Waals surface area (Å²) in [5.74, 6) is -0.145. The fourth-order valence-electron chi connectivity index (χ4n) is 3.49. The number of ether oxygens (including phenoxy) is 1. The van der Waals surface area contributed by atoms with Gasteiger partial charge in [-0.2, -0.15) is 5.10 Å². The van der Waals surface area contributed by atoms with Gasteiger partial charge in [-0.15, -0.1) is 11.3 Å². The van der Waals surface area contributed by atoms with Crippen molar-refractivity contribution >= 4 is 28.1 Å². The number of nitrogens with one attached hydrogen (secondary N) is 1. The van der Waals surface area contributed by atoms with Crippen LogP contribution in [0, 0.1) is 0 Å². The van der Waals surface area contributed by atoms with Crippen LogP contribution < -0.4 is 10.2 Å². The lowest BCUT2D eigenvalue weighted by Crippen LogP contribution is -2.36. The Kier molecular flexibility index (Phi) is 5.91. The predicted molar refractivity (Wildman–Crippen MR) is 124 cm³/mol. The summed E-state index contributed by atoms with van der Waals surface area (Å²) in [4.78, 5) is 23.6. The van der Waals surface area contributed by atoms with E-state index in [9.17, 15) is 4.79 Å². The largest absolute Gasteiger partial charge is 0.378 e. The van der Waals surface area contributed by atoms with E-state index in [1.165, 1.54) is 6.33 Å². The SMILES string of the molecule is O=C(Nc1ccc(-c2csc(N3CCOCC3)n2)cc1)c1ccc(Cn2cncn2)cc1. The quantitative estimate of drug-likeness (QED) is 0.488. The van der Waals surface area contributed by atoms with Gasteiger partial charge in [-0.1, -0.05) is 24.3 Å². The number of anilines is 2. The molecular weight excluding hydrogens is 424 g/mol. The minimum Gasteiger partial charge on any atom is -0.378 e. The first kappa shape index (κ1) is 20.3. The second kappa shape index (κ2) is 9.29. The molecule has 0 unspecified atom stereocenters. The molecule has 1 fully saturated rings. The Morgan fingerprint density at radius 3 is 2.56 bits per heavy atom. The van der Waals surface area contributed by atoms with E-state index in [0.29, 0.717) is 12.1 Å². The molecular formula is C23H22N6O2S. The molecule has 1 saturated heterocycles. The van der Waals surface area contributed by atoms with Crippen LogP contribution in [-0.4, -0.2) is 52.0 Å². The first-order chi connectivity index (χ1) is 15.7. The lowest BCUT2D eigenvalue weighted by Gasteiger charge is -2.26. The zero-order valence-corrected chi connectivity index (χ0v) is 18.2.